The lowest BCUT2D eigenvalue weighted by Crippen LogP contribution is -2.21. The van der Waals surface area contributed by atoms with Gasteiger partial charge in [-0.25, -0.2) is 14.8 Å². The van der Waals surface area contributed by atoms with Gasteiger partial charge in [0.2, 0.25) is 5.71 Å². The molecule has 32 heavy (non-hydrogen) atoms. The molecule has 3 aromatic carbocycles. The first kappa shape index (κ1) is 19.5. The van der Waals surface area contributed by atoms with Crippen LogP contribution < -0.4 is 5.32 Å². The molecule has 2 N–H and O–H groups in total. The second-order valence-corrected chi connectivity index (χ2v) is 7.27. The smallest absolute Gasteiger partial charge is 0.330 e. The SMILES string of the molecule is O=C(O)[C@@H](Nc1ncnc2oc(-c3ccccc3)c(-c3ccccc3)c12)c1ccccc1. The van der Waals surface area contributed by atoms with E-state index in [1.807, 2.05) is 78.9 Å². The molecule has 6 heteroatoms. The number of nitrogens with one attached hydrogen (secondary N) is 1. The van der Waals surface area contributed by atoms with E-state index < -0.39 is 12.0 Å². The van der Waals surface area contributed by atoms with E-state index in [9.17, 15) is 9.90 Å². The topological polar surface area (TPSA) is 88.2 Å². The first-order valence-electron chi connectivity index (χ1n) is 10.1. The van der Waals surface area contributed by atoms with Gasteiger partial charge in [-0.2, -0.15) is 0 Å². The molecule has 0 bridgehead atoms. The molecule has 6 nitrogen and oxygen atoms in total. The number of anilines is 1. The summed E-state index contributed by atoms with van der Waals surface area (Å²) in [6, 6.07) is 27.6. The van der Waals surface area contributed by atoms with Crippen molar-refractivity contribution in [2.24, 2.45) is 0 Å². The van der Waals surface area contributed by atoms with Gasteiger partial charge in [0.05, 0.1) is 5.39 Å². The van der Waals surface area contributed by atoms with Gasteiger partial charge in [-0.3, -0.25) is 0 Å². The number of furan rings is 1. The lowest BCUT2D eigenvalue weighted by molar-refractivity contribution is -0.138. The van der Waals surface area contributed by atoms with E-state index in [0.29, 0.717) is 28.2 Å². The van der Waals surface area contributed by atoms with Crippen molar-refractivity contribution in [2.75, 3.05) is 5.32 Å². The Kier molecular flexibility index (Phi) is 5.09. The number of hydrogen-bond acceptors (Lipinski definition) is 5. The normalized spacial score (nSPS) is 11.9. The molecule has 0 amide bonds. The fourth-order valence-corrected chi connectivity index (χ4v) is 3.79. The van der Waals surface area contributed by atoms with Crippen LogP contribution in [0.1, 0.15) is 11.6 Å². The summed E-state index contributed by atoms with van der Waals surface area (Å²) >= 11 is 0. The molecule has 0 saturated heterocycles. The highest BCUT2D eigenvalue weighted by Crippen LogP contribution is 2.43. The van der Waals surface area contributed by atoms with Gasteiger partial charge in [-0.1, -0.05) is 91.0 Å². The van der Waals surface area contributed by atoms with E-state index in [4.69, 9.17) is 4.42 Å². The Morgan fingerprint density at radius 1 is 0.812 bits per heavy atom. The minimum absolute atomic E-state index is 0.386. The zero-order valence-corrected chi connectivity index (χ0v) is 17.0. The number of fused-ring (bicyclic) bond motifs is 1. The van der Waals surface area contributed by atoms with Crippen molar-refractivity contribution in [1.29, 1.82) is 0 Å². The molecule has 0 unspecified atom stereocenters. The second kappa shape index (κ2) is 8.35. The molecule has 5 rings (SSSR count). The minimum atomic E-state index is -1.00. The fourth-order valence-electron chi connectivity index (χ4n) is 3.79. The van der Waals surface area contributed by atoms with Gasteiger partial charge in [0, 0.05) is 11.1 Å². The summed E-state index contributed by atoms with van der Waals surface area (Å²) < 4.78 is 6.19. The van der Waals surface area contributed by atoms with E-state index in [1.54, 1.807) is 12.1 Å². The Bertz CT molecular complexity index is 1370. The summed E-state index contributed by atoms with van der Waals surface area (Å²) in [4.78, 5) is 20.8. The van der Waals surface area contributed by atoms with Gasteiger partial charge in [-0.15, -0.1) is 0 Å². The van der Waals surface area contributed by atoms with Crippen molar-refractivity contribution < 1.29 is 14.3 Å². The molecule has 0 aliphatic heterocycles. The van der Waals surface area contributed by atoms with Crippen molar-refractivity contribution in [3.05, 3.63) is 103 Å². The van der Waals surface area contributed by atoms with Crippen LogP contribution in [0.3, 0.4) is 0 Å². The number of aromatic nitrogens is 2. The Morgan fingerprint density at radius 3 is 2.03 bits per heavy atom. The first-order chi connectivity index (χ1) is 15.7. The number of carboxylic acids is 1. The zero-order valence-electron chi connectivity index (χ0n) is 17.0. The van der Waals surface area contributed by atoms with Crippen molar-refractivity contribution in [1.82, 2.24) is 9.97 Å². The zero-order chi connectivity index (χ0) is 21.9. The predicted molar refractivity (Wildman–Crippen MR) is 123 cm³/mol. The molecule has 2 aromatic heterocycles. The number of hydrogen-bond donors (Lipinski definition) is 2. The Hall–Kier alpha value is -4.45. The molecule has 156 valence electrons. The van der Waals surface area contributed by atoms with Crippen LogP contribution in [-0.2, 0) is 4.79 Å². The van der Waals surface area contributed by atoms with Crippen LogP contribution in [0.2, 0.25) is 0 Å². The average molecular weight is 421 g/mol. The second-order valence-electron chi connectivity index (χ2n) is 7.27. The maximum Gasteiger partial charge on any atom is 0.330 e. The van der Waals surface area contributed by atoms with Crippen LogP contribution >= 0.6 is 0 Å². The van der Waals surface area contributed by atoms with Gasteiger partial charge in [-0.05, 0) is 11.1 Å². The highest BCUT2D eigenvalue weighted by molar-refractivity contribution is 6.06. The van der Waals surface area contributed by atoms with Gasteiger partial charge >= 0.3 is 5.97 Å². The Morgan fingerprint density at radius 2 is 1.41 bits per heavy atom. The largest absolute Gasteiger partial charge is 0.479 e. The molecule has 0 aliphatic rings. The third-order valence-corrected chi connectivity index (χ3v) is 5.25. The monoisotopic (exact) mass is 421 g/mol. The quantitative estimate of drug-likeness (QED) is 0.360. The van der Waals surface area contributed by atoms with Gasteiger partial charge in [0.15, 0.2) is 6.04 Å². The number of carboxylic acid groups (broad SMARTS) is 1. The molecule has 5 aromatic rings. The standard InChI is InChI=1S/C26H19N3O3/c30-26(31)22(18-12-6-2-7-13-18)29-24-21-20(17-10-4-1-5-11-17)23(19-14-8-3-9-15-19)32-25(21)28-16-27-24/h1-16,22H,(H,30,31)(H,27,28,29)/t22-/m0/s1. The molecule has 0 fully saturated rings. The molecular weight excluding hydrogens is 402 g/mol. The summed E-state index contributed by atoms with van der Waals surface area (Å²) in [5.41, 5.74) is 3.65. The number of nitrogens with zero attached hydrogens (tertiary/aromatic N) is 2. The Balaban J connectivity index is 1.73. The summed E-state index contributed by atoms with van der Waals surface area (Å²) in [5.74, 6) is 0.0500. The van der Waals surface area contributed by atoms with E-state index in [1.165, 1.54) is 6.33 Å². The van der Waals surface area contributed by atoms with Crippen LogP contribution in [0.15, 0.2) is 102 Å². The number of benzene rings is 3. The van der Waals surface area contributed by atoms with Gasteiger partial charge in [0.1, 0.15) is 17.9 Å². The molecule has 0 aliphatic carbocycles. The summed E-state index contributed by atoms with van der Waals surface area (Å²) in [6.07, 6.45) is 1.38. The van der Waals surface area contributed by atoms with E-state index in [2.05, 4.69) is 15.3 Å². The van der Waals surface area contributed by atoms with Crippen LogP contribution in [0.25, 0.3) is 33.6 Å². The number of rotatable bonds is 6. The molecule has 0 radical (unpaired) electrons. The van der Waals surface area contributed by atoms with Gasteiger partial charge < -0.3 is 14.8 Å². The molecule has 1 atom stereocenters. The van der Waals surface area contributed by atoms with E-state index in [0.717, 1.165) is 16.7 Å². The fraction of sp³-hybridized carbons (Fsp3) is 0.0385. The molecule has 0 spiro atoms. The minimum Gasteiger partial charge on any atom is -0.479 e. The number of aliphatic carboxylic acids is 1. The van der Waals surface area contributed by atoms with Crippen molar-refractivity contribution >= 4 is 22.9 Å². The number of carbonyl (C=O) groups is 1. The lowest BCUT2D eigenvalue weighted by atomic mass is 9.99. The van der Waals surface area contributed by atoms with Crippen LogP contribution in [0.4, 0.5) is 5.82 Å². The predicted octanol–water partition coefficient (Wildman–Crippen LogP) is 5.79. The summed E-state index contributed by atoms with van der Waals surface area (Å²) in [7, 11) is 0. The Labute approximate surface area is 184 Å². The lowest BCUT2D eigenvalue weighted by Gasteiger charge is -2.16. The average Bonchev–Trinajstić information content (AvgIpc) is 3.24. The third-order valence-electron chi connectivity index (χ3n) is 5.25. The maximum atomic E-state index is 12.1. The molecular formula is C26H19N3O3. The van der Waals surface area contributed by atoms with Crippen molar-refractivity contribution in [3.8, 4) is 22.5 Å². The third kappa shape index (κ3) is 3.58. The van der Waals surface area contributed by atoms with Crippen molar-refractivity contribution in [2.45, 2.75) is 6.04 Å². The highest BCUT2D eigenvalue weighted by Gasteiger charge is 2.26. The van der Waals surface area contributed by atoms with Crippen LogP contribution in [-0.4, -0.2) is 21.0 Å². The van der Waals surface area contributed by atoms with Crippen LogP contribution in [0.5, 0.6) is 0 Å². The van der Waals surface area contributed by atoms with Gasteiger partial charge in [0.25, 0.3) is 0 Å². The summed E-state index contributed by atoms with van der Waals surface area (Å²) in [5, 5.41) is 13.6. The maximum absolute atomic E-state index is 12.1. The molecule has 0 saturated carbocycles. The summed E-state index contributed by atoms with van der Waals surface area (Å²) in [6.45, 7) is 0. The van der Waals surface area contributed by atoms with Crippen molar-refractivity contribution in [3.63, 3.8) is 0 Å². The van der Waals surface area contributed by atoms with E-state index in [-0.39, 0.29) is 0 Å². The van der Waals surface area contributed by atoms with E-state index >= 15 is 0 Å². The van der Waals surface area contributed by atoms with Crippen LogP contribution in [0, 0.1) is 0 Å². The highest BCUT2D eigenvalue weighted by atomic mass is 16.4. The molecule has 2 heterocycles. The first-order valence-corrected chi connectivity index (χ1v) is 10.1.